The first-order valence-corrected chi connectivity index (χ1v) is 11.9. The molecule has 4 rings (SSSR count). The van der Waals surface area contributed by atoms with Gasteiger partial charge in [0.2, 0.25) is 17.7 Å². The molecule has 2 N–H and O–H groups in total. The summed E-state index contributed by atoms with van der Waals surface area (Å²) >= 11 is 6.16. The number of ether oxygens (including phenoxy) is 1. The molecule has 1 aliphatic heterocycles. The van der Waals surface area contributed by atoms with Crippen LogP contribution in [0.1, 0.15) is 18.1 Å². The maximum absolute atomic E-state index is 13.9. The first kappa shape index (κ1) is 26.6. The Morgan fingerprint density at radius 3 is 2.59 bits per heavy atom. The van der Waals surface area contributed by atoms with E-state index in [0.717, 1.165) is 32.2 Å². The van der Waals surface area contributed by atoms with E-state index < -0.39 is 11.7 Å². The Labute approximate surface area is 217 Å². The molecule has 0 saturated carbocycles. The van der Waals surface area contributed by atoms with Crippen LogP contribution in [0.2, 0.25) is 5.02 Å². The van der Waals surface area contributed by atoms with Gasteiger partial charge in [-0.15, -0.1) is 0 Å². The highest BCUT2D eigenvalue weighted by molar-refractivity contribution is 6.31. The number of amides is 1. The quantitative estimate of drug-likeness (QED) is 0.420. The molecule has 3 aromatic rings. The number of carbonyl (C=O) groups is 1. The van der Waals surface area contributed by atoms with Crippen molar-refractivity contribution >= 4 is 34.8 Å². The summed E-state index contributed by atoms with van der Waals surface area (Å²) < 4.78 is 47.5. The van der Waals surface area contributed by atoms with Crippen LogP contribution in [0.15, 0.2) is 48.7 Å². The number of alkyl halides is 3. The molecular weight excluding hydrogens is 509 g/mol. The molecule has 0 radical (unpaired) electrons. The topological polar surface area (TPSA) is 82.6 Å². The minimum atomic E-state index is -4.59. The van der Waals surface area contributed by atoms with Crippen LogP contribution in [0.5, 0.6) is 11.6 Å². The number of carbonyl (C=O) groups excluding carboxylic acids is 1. The minimum absolute atomic E-state index is 0.0561. The third kappa shape index (κ3) is 7.31. The Morgan fingerprint density at radius 1 is 1.14 bits per heavy atom. The molecule has 0 spiro atoms. The van der Waals surface area contributed by atoms with Crippen molar-refractivity contribution in [2.75, 3.05) is 43.9 Å². The van der Waals surface area contributed by atoms with Crippen molar-refractivity contribution in [2.24, 2.45) is 0 Å². The van der Waals surface area contributed by atoms with Crippen molar-refractivity contribution < 1.29 is 22.7 Å². The van der Waals surface area contributed by atoms with Gasteiger partial charge in [0.05, 0.1) is 17.4 Å². The molecule has 1 fully saturated rings. The highest BCUT2D eigenvalue weighted by Gasteiger charge is 2.34. The second-order valence-electron chi connectivity index (χ2n) is 8.74. The van der Waals surface area contributed by atoms with Gasteiger partial charge in [0.25, 0.3) is 0 Å². The van der Waals surface area contributed by atoms with E-state index in [1.807, 2.05) is 7.05 Å². The summed E-state index contributed by atoms with van der Waals surface area (Å²) in [6.45, 7) is 5.16. The predicted molar refractivity (Wildman–Crippen MR) is 135 cm³/mol. The van der Waals surface area contributed by atoms with Crippen LogP contribution in [-0.4, -0.2) is 58.9 Å². The molecule has 0 unspecified atom stereocenters. The van der Waals surface area contributed by atoms with Crippen LogP contribution in [0.25, 0.3) is 0 Å². The maximum Gasteiger partial charge on any atom is 0.418 e. The van der Waals surface area contributed by atoms with E-state index >= 15 is 0 Å². The zero-order chi connectivity index (χ0) is 26.6. The number of halogens is 4. The fourth-order valence-electron chi connectivity index (χ4n) is 3.85. The summed E-state index contributed by atoms with van der Waals surface area (Å²) in [5.41, 5.74) is 0.0706. The van der Waals surface area contributed by atoms with Crippen LogP contribution in [-0.2, 0) is 17.5 Å². The molecule has 1 amide bonds. The molecule has 12 heteroatoms. The van der Waals surface area contributed by atoms with Gasteiger partial charge in [0.15, 0.2) is 0 Å². The zero-order valence-electron chi connectivity index (χ0n) is 20.3. The van der Waals surface area contributed by atoms with Crippen molar-refractivity contribution in [2.45, 2.75) is 19.6 Å². The number of hydrogen-bond acceptors (Lipinski definition) is 7. The van der Waals surface area contributed by atoms with Crippen LogP contribution in [0, 0.1) is 0 Å². The lowest BCUT2D eigenvalue weighted by Gasteiger charge is -2.32. The number of aromatic nitrogens is 2. The smallest absolute Gasteiger partial charge is 0.418 e. The van der Waals surface area contributed by atoms with E-state index in [4.69, 9.17) is 16.3 Å². The second-order valence-corrected chi connectivity index (χ2v) is 9.15. The van der Waals surface area contributed by atoms with Crippen LogP contribution < -0.4 is 15.4 Å². The third-order valence-corrected chi connectivity index (χ3v) is 5.98. The number of hydrogen-bond donors (Lipinski definition) is 2. The Morgan fingerprint density at radius 2 is 1.89 bits per heavy atom. The number of rotatable bonds is 7. The van der Waals surface area contributed by atoms with Crippen molar-refractivity contribution in [3.05, 3.63) is 64.8 Å². The molecular formula is C25H26ClF3N6O2. The normalized spacial score (nSPS) is 14.9. The van der Waals surface area contributed by atoms with Gasteiger partial charge in [-0.2, -0.15) is 18.2 Å². The van der Waals surface area contributed by atoms with Crippen molar-refractivity contribution in [3.8, 4) is 11.6 Å². The molecule has 1 saturated heterocycles. The summed E-state index contributed by atoms with van der Waals surface area (Å²) in [7, 11) is 2.03. The Kier molecular flexibility index (Phi) is 8.16. The average molecular weight is 535 g/mol. The van der Waals surface area contributed by atoms with E-state index in [2.05, 4.69) is 30.4 Å². The van der Waals surface area contributed by atoms with Gasteiger partial charge in [-0.25, -0.2) is 4.98 Å². The van der Waals surface area contributed by atoms with Gasteiger partial charge in [-0.3, -0.25) is 9.69 Å². The van der Waals surface area contributed by atoms with E-state index in [1.165, 1.54) is 19.2 Å². The Balaban J connectivity index is 1.54. The van der Waals surface area contributed by atoms with E-state index in [9.17, 15) is 18.0 Å². The molecule has 0 aliphatic carbocycles. The number of nitrogens with one attached hydrogen (secondary N) is 2. The molecule has 0 atom stereocenters. The standard InChI is InChI=1S/C25H26ClF3N6O2/c1-16(36)31-18-4-3-5-19(13-18)37-23-21(26)14-30-24(33-23)32-22-7-6-17(12-20(22)25(27,28)29)15-35-10-8-34(2)9-11-35/h3-7,12-14H,8-11,15H2,1-2H3,(H,31,36)(H,30,32,33). The molecule has 8 nitrogen and oxygen atoms in total. The lowest BCUT2D eigenvalue weighted by Crippen LogP contribution is -2.43. The minimum Gasteiger partial charge on any atom is -0.437 e. The van der Waals surface area contributed by atoms with E-state index in [0.29, 0.717) is 23.5 Å². The lowest BCUT2D eigenvalue weighted by atomic mass is 10.1. The van der Waals surface area contributed by atoms with E-state index in [1.54, 1.807) is 30.3 Å². The monoisotopic (exact) mass is 534 g/mol. The molecule has 2 heterocycles. The first-order chi connectivity index (χ1) is 17.6. The van der Waals surface area contributed by atoms with Gasteiger partial charge in [0.1, 0.15) is 10.8 Å². The highest BCUT2D eigenvalue weighted by Crippen LogP contribution is 2.37. The van der Waals surface area contributed by atoms with E-state index in [-0.39, 0.29) is 28.4 Å². The molecule has 37 heavy (non-hydrogen) atoms. The van der Waals surface area contributed by atoms with Gasteiger partial charge >= 0.3 is 6.18 Å². The fraction of sp³-hybridized carbons (Fsp3) is 0.320. The largest absolute Gasteiger partial charge is 0.437 e. The third-order valence-electron chi connectivity index (χ3n) is 5.72. The molecule has 2 aromatic carbocycles. The van der Waals surface area contributed by atoms with Crippen LogP contribution >= 0.6 is 11.6 Å². The average Bonchev–Trinajstić information content (AvgIpc) is 2.83. The first-order valence-electron chi connectivity index (χ1n) is 11.5. The second kappa shape index (κ2) is 11.3. The predicted octanol–water partition coefficient (Wildman–Crippen LogP) is 5.39. The summed E-state index contributed by atoms with van der Waals surface area (Å²) in [6.07, 6.45) is -3.35. The number of likely N-dealkylation sites (N-methyl/N-ethyl adjacent to an activating group) is 1. The number of anilines is 3. The Hall–Kier alpha value is -3.41. The number of nitrogens with zero attached hydrogens (tertiary/aromatic N) is 4. The van der Waals surface area contributed by atoms with Crippen molar-refractivity contribution in [1.29, 1.82) is 0 Å². The summed E-state index contributed by atoms with van der Waals surface area (Å²) in [5, 5.41) is 5.35. The Bertz CT molecular complexity index is 1270. The zero-order valence-corrected chi connectivity index (χ0v) is 21.0. The van der Waals surface area contributed by atoms with Gasteiger partial charge in [-0.1, -0.05) is 23.7 Å². The number of piperazine rings is 1. The maximum atomic E-state index is 13.9. The molecule has 1 aliphatic rings. The van der Waals surface area contributed by atoms with Gasteiger partial charge in [0, 0.05) is 51.4 Å². The number of benzene rings is 2. The highest BCUT2D eigenvalue weighted by atomic mass is 35.5. The van der Waals surface area contributed by atoms with Gasteiger partial charge < -0.3 is 20.3 Å². The molecule has 196 valence electrons. The van der Waals surface area contributed by atoms with Crippen LogP contribution in [0.3, 0.4) is 0 Å². The molecule has 0 bridgehead atoms. The van der Waals surface area contributed by atoms with Gasteiger partial charge in [-0.05, 0) is 36.9 Å². The molecule has 1 aromatic heterocycles. The summed E-state index contributed by atoms with van der Waals surface area (Å²) in [4.78, 5) is 23.8. The lowest BCUT2D eigenvalue weighted by molar-refractivity contribution is -0.137. The SMILES string of the molecule is CC(=O)Nc1cccc(Oc2nc(Nc3ccc(CN4CCN(C)CC4)cc3C(F)(F)F)ncc2Cl)c1. The fourth-order valence-corrected chi connectivity index (χ4v) is 3.98. The van der Waals surface area contributed by atoms with Crippen LogP contribution in [0.4, 0.5) is 30.5 Å². The van der Waals surface area contributed by atoms with Crippen molar-refractivity contribution in [3.63, 3.8) is 0 Å². The summed E-state index contributed by atoms with van der Waals surface area (Å²) in [6, 6.07) is 10.7. The summed E-state index contributed by atoms with van der Waals surface area (Å²) in [5.74, 6) is -0.102. The van der Waals surface area contributed by atoms with Crippen molar-refractivity contribution in [1.82, 2.24) is 19.8 Å².